The molecule has 0 aromatic carbocycles. The Kier molecular flexibility index (Phi) is 3.67. The fourth-order valence-electron chi connectivity index (χ4n) is 2.50. The van der Waals surface area contributed by atoms with Crippen LogP contribution in [0.1, 0.15) is 42.7 Å². The molecule has 0 radical (unpaired) electrons. The van der Waals surface area contributed by atoms with Crippen LogP contribution < -0.4 is 5.73 Å². The molecular weight excluding hydrogens is 216 g/mol. The number of hydrogen-bond donors (Lipinski definition) is 1. The molecule has 2 N–H and O–H groups in total. The Labute approximate surface area is 102 Å². The topological polar surface area (TPSA) is 29.3 Å². The lowest BCUT2D eigenvalue weighted by atomic mass is 9.89. The summed E-state index contributed by atoms with van der Waals surface area (Å²) in [6.07, 6.45) is 4.05. The lowest BCUT2D eigenvalue weighted by Crippen LogP contribution is -2.45. The van der Waals surface area contributed by atoms with Crippen LogP contribution in [0.25, 0.3) is 0 Å². The Morgan fingerprint density at radius 2 is 2.19 bits per heavy atom. The van der Waals surface area contributed by atoms with Gasteiger partial charge in [-0.15, -0.1) is 11.3 Å². The molecule has 16 heavy (non-hydrogen) atoms. The number of nitrogens with zero attached hydrogens (tertiary/aromatic N) is 1. The van der Waals surface area contributed by atoms with Crippen molar-refractivity contribution in [1.29, 1.82) is 0 Å². The molecule has 2 rings (SSSR count). The largest absolute Gasteiger partial charge is 0.326 e. The Morgan fingerprint density at radius 1 is 1.50 bits per heavy atom. The van der Waals surface area contributed by atoms with E-state index < -0.39 is 0 Å². The molecule has 2 atom stereocenters. The SMILES string of the molecule is Cc1ccsc1C(C(C)N)N(C)C1CCC1. The van der Waals surface area contributed by atoms with Crippen molar-refractivity contribution in [3.8, 4) is 0 Å². The number of likely N-dealkylation sites (N-methyl/N-ethyl adjacent to an activating group) is 1. The van der Waals surface area contributed by atoms with Crippen LogP contribution in [0, 0.1) is 6.92 Å². The Balaban J connectivity index is 2.19. The minimum atomic E-state index is 0.197. The molecule has 2 nitrogen and oxygen atoms in total. The van der Waals surface area contributed by atoms with E-state index in [1.807, 2.05) is 11.3 Å². The smallest absolute Gasteiger partial charge is 0.0593 e. The van der Waals surface area contributed by atoms with Crippen molar-refractivity contribution in [2.75, 3.05) is 7.05 Å². The van der Waals surface area contributed by atoms with Gasteiger partial charge >= 0.3 is 0 Å². The monoisotopic (exact) mass is 238 g/mol. The summed E-state index contributed by atoms with van der Waals surface area (Å²) < 4.78 is 0. The maximum atomic E-state index is 6.18. The molecule has 0 bridgehead atoms. The maximum Gasteiger partial charge on any atom is 0.0593 e. The van der Waals surface area contributed by atoms with Gasteiger partial charge in [0.05, 0.1) is 6.04 Å². The van der Waals surface area contributed by atoms with Crippen LogP contribution >= 0.6 is 11.3 Å². The summed E-state index contributed by atoms with van der Waals surface area (Å²) in [5, 5.41) is 2.18. The highest BCUT2D eigenvalue weighted by Gasteiger charge is 2.31. The second-order valence-electron chi connectivity index (χ2n) is 5.02. The van der Waals surface area contributed by atoms with Gasteiger partial charge in [0.1, 0.15) is 0 Å². The van der Waals surface area contributed by atoms with E-state index >= 15 is 0 Å². The van der Waals surface area contributed by atoms with Gasteiger partial charge < -0.3 is 5.73 Å². The van der Waals surface area contributed by atoms with Gasteiger partial charge in [0.15, 0.2) is 0 Å². The first-order chi connectivity index (χ1) is 7.61. The van der Waals surface area contributed by atoms with E-state index in [1.54, 1.807) is 0 Å². The summed E-state index contributed by atoms with van der Waals surface area (Å²) in [5.41, 5.74) is 7.57. The lowest BCUT2D eigenvalue weighted by molar-refractivity contribution is 0.0995. The molecule has 3 heteroatoms. The van der Waals surface area contributed by atoms with Crippen molar-refractivity contribution in [1.82, 2.24) is 4.90 Å². The lowest BCUT2D eigenvalue weighted by Gasteiger charge is -2.41. The van der Waals surface area contributed by atoms with Crippen molar-refractivity contribution < 1.29 is 0 Å². The summed E-state index contributed by atoms with van der Waals surface area (Å²) in [6.45, 7) is 4.31. The molecule has 0 saturated heterocycles. The van der Waals surface area contributed by atoms with Crippen LogP contribution in [0.3, 0.4) is 0 Å². The van der Waals surface area contributed by atoms with Crippen LogP contribution in [0.15, 0.2) is 11.4 Å². The van der Waals surface area contributed by atoms with E-state index in [4.69, 9.17) is 5.73 Å². The van der Waals surface area contributed by atoms with Crippen LogP contribution in [-0.4, -0.2) is 24.0 Å². The van der Waals surface area contributed by atoms with Gasteiger partial charge in [-0.25, -0.2) is 0 Å². The van der Waals surface area contributed by atoms with Gasteiger partial charge in [-0.3, -0.25) is 4.90 Å². The summed E-state index contributed by atoms with van der Waals surface area (Å²) in [7, 11) is 2.23. The molecule has 1 aromatic rings. The van der Waals surface area contributed by atoms with Crippen LogP contribution in [0.5, 0.6) is 0 Å². The van der Waals surface area contributed by atoms with Crippen molar-refractivity contribution in [3.05, 3.63) is 21.9 Å². The van der Waals surface area contributed by atoms with Crippen molar-refractivity contribution >= 4 is 11.3 Å². The zero-order valence-electron chi connectivity index (χ0n) is 10.4. The molecule has 1 aliphatic carbocycles. The zero-order valence-corrected chi connectivity index (χ0v) is 11.3. The van der Waals surface area contributed by atoms with Gasteiger partial charge in [-0.2, -0.15) is 0 Å². The third-order valence-corrected chi connectivity index (χ3v) is 4.85. The van der Waals surface area contributed by atoms with Crippen LogP contribution in [0.2, 0.25) is 0 Å². The molecule has 0 spiro atoms. The predicted molar refractivity (Wildman–Crippen MR) is 70.8 cm³/mol. The quantitative estimate of drug-likeness (QED) is 0.874. The number of nitrogens with two attached hydrogens (primary N) is 1. The standard InChI is InChI=1S/C13H22N2S/c1-9-7-8-16-13(9)12(10(2)14)15(3)11-5-4-6-11/h7-8,10-12H,4-6,14H2,1-3H3. The van der Waals surface area contributed by atoms with Crippen molar-refractivity contribution in [3.63, 3.8) is 0 Å². The highest BCUT2D eigenvalue weighted by molar-refractivity contribution is 7.10. The summed E-state index contributed by atoms with van der Waals surface area (Å²) in [4.78, 5) is 3.94. The highest BCUT2D eigenvalue weighted by atomic mass is 32.1. The average molecular weight is 238 g/mol. The van der Waals surface area contributed by atoms with E-state index in [2.05, 4.69) is 37.2 Å². The maximum absolute atomic E-state index is 6.18. The first-order valence-electron chi connectivity index (χ1n) is 6.12. The van der Waals surface area contributed by atoms with E-state index in [0.29, 0.717) is 6.04 Å². The van der Waals surface area contributed by atoms with Gasteiger partial charge in [-0.1, -0.05) is 6.42 Å². The molecule has 1 heterocycles. The molecule has 0 amide bonds. The van der Waals surface area contributed by atoms with Crippen LogP contribution in [-0.2, 0) is 0 Å². The third-order valence-electron chi connectivity index (χ3n) is 3.76. The van der Waals surface area contributed by atoms with Gasteiger partial charge in [0.2, 0.25) is 0 Å². The Hall–Kier alpha value is -0.380. The van der Waals surface area contributed by atoms with Gasteiger partial charge in [-0.05, 0) is 50.7 Å². The van der Waals surface area contributed by atoms with E-state index in [9.17, 15) is 0 Å². The molecule has 1 aliphatic rings. The fraction of sp³-hybridized carbons (Fsp3) is 0.692. The molecule has 1 aromatic heterocycles. The Morgan fingerprint density at radius 3 is 2.56 bits per heavy atom. The first kappa shape index (κ1) is 12.1. The second kappa shape index (κ2) is 4.86. The van der Waals surface area contributed by atoms with Gasteiger partial charge in [0, 0.05) is 17.0 Å². The molecule has 2 unspecified atom stereocenters. The average Bonchev–Trinajstić information content (AvgIpc) is 2.48. The third kappa shape index (κ3) is 2.17. The summed E-state index contributed by atoms with van der Waals surface area (Å²) in [6, 6.07) is 3.54. The van der Waals surface area contributed by atoms with Crippen LogP contribution in [0.4, 0.5) is 0 Å². The zero-order chi connectivity index (χ0) is 11.7. The minimum absolute atomic E-state index is 0.197. The molecule has 1 fully saturated rings. The molecule has 1 saturated carbocycles. The normalized spacial score (nSPS) is 20.8. The van der Waals surface area contributed by atoms with E-state index in [1.165, 1.54) is 29.7 Å². The van der Waals surface area contributed by atoms with Crippen molar-refractivity contribution in [2.45, 2.75) is 51.2 Å². The number of aryl methyl sites for hydroxylation is 1. The number of hydrogen-bond acceptors (Lipinski definition) is 3. The Bertz CT molecular complexity index is 341. The van der Waals surface area contributed by atoms with E-state index in [0.717, 1.165) is 6.04 Å². The first-order valence-corrected chi connectivity index (χ1v) is 7.00. The summed E-state index contributed by atoms with van der Waals surface area (Å²) >= 11 is 1.84. The van der Waals surface area contributed by atoms with Gasteiger partial charge in [0.25, 0.3) is 0 Å². The molecule has 90 valence electrons. The molecular formula is C13H22N2S. The minimum Gasteiger partial charge on any atom is -0.326 e. The predicted octanol–water partition coefficient (Wildman–Crippen LogP) is 2.93. The molecule has 0 aliphatic heterocycles. The van der Waals surface area contributed by atoms with E-state index in [-0.39, 0.29) is 6.04 Å². The van der Waals surface area contributed by atoms with Crippen molar-refractivity contribution in [2.24, 2.45) is 5.73 Å². The number of thiophene rings is 1. The highest BCUT2D eigenvalue weighted by Crippen LogP contribution is 2.35. The fourth-order valence-corrected chi connectivity index (χ4v) is 3.70. The second-order valence-corrected chi connectivity index (χ2v) is 5.97. The summed E-state index contributed by atoms with van der Waals surface area (Å²) in [5.74, 6) is 0. The number of rotatable bonds is 4.